The molecule has 1 atom stereocenters. The number of hydrogen-bond donors (Lipinski definition) is 1. The lowest BCUT2D eigenvalue weighted by atomic mass is 10.1. The van der Waals surface area contributed by atoms with E-state index in [1.54, 1.807) is 12.1 Å². The van der Waals surface area contributed by atoms with Gasteiger partial charge in [0.15, 0.2) is 0 Å². The fourth-order valence-corrected chi connectivity index (χ4v) is 2.43. The molecule has 1 aliphatic rings. The number of hydrogen-bond acceptors (Lipinski definition) is 2. The highest BCUT2D eigenvalue weighted by Crippen LogP contribution is 2.17. The third-order valence-corrected chi connectivity index (χ3v) is 3.30. The smallest absolute Gasteiger partial charge is 0.127 e. The SMILES string of the molecule is CC1CNCCN(Cc2cc(Cl)ccc2F)C1. The van der Waals surface area contributed by atoms with Crippen LogP contribution in [0.2, 0.25) is 5.02 Å². The molecule has 4 heteroatoms. The van der Waals surface area contributed by atoms with Crippen LogP contribution in [0.5, 0.6) is 0 Å². The second-order valence-electron chi connectivity index (χ2n) is 4.78. The standard InChI is InChI=1S/C13H18ClFN2/c1-10-7-16-4-5-17(8-10)9-11-6-12(14)2-3-13(11)15/h2-3,6,10,16H,4-5,7-9H2,1H3. The van der Waals surface area contributed by atoms with E-state index in [1.807, 2.05) is 0 Å². The summed E-state index contributed by atoms with van der Waals surface area (Å²) < 4.78 is 13.6. The first-order chi connectivity index (χ1) is 8.15. The average molecular weight is 257 g/mol. The maximum Gasteiger partial charge on any atom is 0.127 e. The molecule has 0 saturated carbocycles. The van der Waals surface area contributed by atoms with E-state index in [4.69, 9.17) is 11.6 Å². The summed E-state index contributed by atoms with van der Waals surface area (Å²) in [5.41, 5.74) is 0.687. The summed E-state index contributed by atoms with van der Waals surface area (Å²) in [7, 11) is 0. The molecular formula is C13H18ClFN2. The van der Waals surface area contributed by atoms with E-state index in [9.17, 15) is 4.39 Å². The van der Waals surface area contributed by atoms with Gasteiger partial charge in [-0.2, -0.15) is 0 Å². The predicted octanol–water partition coefficient (Wildman–Crippen LogP) is 2.52. The van der Waals surface area contributed by atoms with Crippen molar-refractivity contribution in [2.24, 2.45) is 5.92 Å². The summed E-state index contributed by atoms with van der Waals surface area (Å²) in [5, 5.41) is 3.98. The van der Waals surface area contributed by atoms with Crippen molar-refractivity contribution in [1.29, 1.82) is 0 Å². The maximum atomic E-state index is 13.6. The summed E-state index contributed by atoms with van der Waals surface area (Å²) in [5.74, 6) is 0.430. The second kappa shape index (κ2) is 5.80. The highest BCUT2D eigenvalue weighted by molar-refractivity contribution is 6.30. The van der Waals surface area contributed by atoms with Gasteiger partial charge in [-0.05, 0) is 30.7 Å². The molecule has 1 aromatic carbocycles. The van der Waals surface area contributed by atoms with Crippen LogP contribution in [0.3, 0.4) is 0 Å². The van der Waals surface area contributed by atoms with Gasteiger partial charge in [-0.3, -0.25) is 4.90 Å². The summed E-state index contributed by atoms with van der Waals surface area (Å²) >= 11 is 5.90. The van der Waals surface area contributed by atoms with E-state index in [0.29, 0.717) is 23.0 Å². The van der Waals surface area contributed by atoms with Gasteiger partial charge in [0.2, 0.25) is 0 Å². The van der Waals surface area contributed by atoms with Crippen molar-refractivity contribution in [1.82, 2.24) is 10.2 Å². The topological polar surface area (TPSA) is 15.3 Å². The quantitative estimate of drug-likeness (QED) is 0.875. The van der Waals surface area contributed by atoms with Gasteiger partial charge in [-0.25, -0.2) is 4.39 Å². The molecule has 1 saturated heterocycles. The molecule has 1 heterocycles. The van der Waals surface area contributed by atoms with Crippen molar-refractivity contribution < 1.29 is 4.39 Å². The van der Waals surface area contributed by atoms with E-state index in [2.05, 4.69) is 17.1 Å². The minimum Gasteiger partial charge on any atom is -0.315 e. The Kier molecular flexibility index (Phi) is 4.37. The van der Waals surface area contributed by atoms with Crippen LogP contribution in [0.4, 0.5) is 4.39 Å². The van der Waals surface area contributed by atoms with Crippen LogP contribution in [0, 0.1) is 11.7 Å². The number of benzene rings is 1. The van der Waals surface area contributed by atoms with Crippen molar-refractivity contribution in [3.05, 3.63) is 34.6 Å². The Labute approximate surface area is 107 Å². The van der Waals surface area contributed by atoms with Crippen LogP contribution < -0.4 is 5.32 Å². The molecule has 0 aromatic heterocycles. The number of rotatable bonds is 2. The molecule has 1 aromatic rings. The molecule has 1 fully saturated rings. The lowest BCUT2D eigenvalue weighted by Gasteiger charge is -2.22. The van der Waals surface area contributed by atoms with Gasteiger partial charge in [0.05, 0.1) is 0 Å². The molecule has 1 aliphatic heterocycles. The summed E-state index contributed by atoms with van der Waals surface area (Å²) in [6, 6.07) is 4.75. The molecule has 0 amide bonds. The fraction of sp³-hybridized carbons (Fsp3) is 0.538. The summed E-state index contributed by atoms with van der Waals surface area (Å²) in [6.07, 6.45) is 0. The average Bonchev–Trinajstić information content (AvgIpc) is 2.48. The van der Waals surface area contributed by atoms with Crippen LogP contribution >= 0.6 is 11.6 Å². The first-order valence-electron chi connectivity index (χ1n) is 6.02. The first kappa shape index (κ1) is 12.8. The third-order valence-electron chi connectivity index (χ3n) is 3.07. The number of halogens is 2. The normalized spacial score (nSPS) is 22.4. The monoisotopic (exact) mass is 256 g/mol. The van der Waals surface area contributed by atoms with Crippen molar-refractivity contribution in [2.45, 2.75) is 13.5 Å². The van der Waals surface area contributed by atoms with E-state index < -0.39 is 0 Å². The van der Waals surface area contributed by atoms with Gasteiger partial charge in [0.1, 0.15) is 5.82 Å². The van der Waals surface area contributed by atoms with Gasteiger partial charge in [0.25, 0.3) is 0 Å². The molecule has 1 unspecified atom stereocenters. The minimum absolute atomic E-state index is 0.167. The molecule has 0 aliphatic carbocycles. The van der Waals surface area contributed by atoms with Crippen LogP contribution in [0.25, 0.3) is 0 Å². The summed E-state index contributed by atoms with van der Waals surface area (Å²) in [4.78, 5) is 2.28. The summed E-state index contributed by atoms with van der Waals surface area (Å²) in [6.45, 7) is 6.80. The van der Waals surface area contributed by atoms with E-state index in [1.165, 1.54) is 6.07 Å². The third kappa shape index (κ3) is 3.66. The van der Waals surface area contributed by atoms with E-state index in [-0.39, 0.29) is 5.82 Å². The van der Waals surface area contributed by atoms with Gasteiger partial charge >= 0.3 is 0 Å². The molecule has 2 nitrogen and oxygen atoms in total. The maximum absolute atomic E-state index is 13.6. The zero-order valence-corrected chi connectivity index (χ0v) is 10.8. The van der Waals surface area contributed by atoms with Gasteiger partial charge in [-0.1, -0.05) is 18.5 Å². The molecule has 2 rings (SSSR count). The highest BCUT2D eigenvalue weighted by atomic mass is 35.5. The lowest BCUT2D eigenvalue weighted by molar-refractivity contribution is 0.253. The van der Waals surface area contributed by atoms with Crippen molar-refractivity contribution in [3.63, 3.8) is 0 Å². The predicted molar refractivity (Wildman–Crippen MR) is 68.7 cm³/mol. The van der Waals surface area contributed by atoms with Gasteiger partial charge in [-0.15, -0.1) is 0 Å². The van der Waals surface area contributed by atoms with Crippen molar-refractivity contribution in [2.75, 3.05) is 26.2 Å². The van der Waals surface area contributed by atoms with E-state index >= 15 is 0 Å². The number of nitrogens with zero attached hydrogens (tertiary/aromatic N) is 1. The Bertz CT molecular complexity index is 384. The molecular weight excluding hydrogens is 239 g/mol. The van der Waals surface area contributed by atoms with Crippen LogP contribution in [-0.4, -0.2) is 31.1 Å². The molecule has 1 N–H and O–H groups in total. The Morgan fingerprint density at radius 3 is 3.18 bits per heavy atom. The van der Waals surface area contributed by atoms with Crippen LogP contribution in [0.15, 0.2) is 18.2 Å². The fourth-order valence-electron chi connectivity index (χ4n) is 2.23. The first-order valence-corrected chi connectivity index (χ1v) is 6.40. The second-order valence-corrected chi connectivity index (χ2v) is 5.22. The molecule has 94 valence electrons. The zero-order chi connectivity index (χ0) is 12.3. The largest absolute Gasteiger partial charge is 0.315 e. The van der Waals surface area contributed by atoms with Gasteiger partial charge < -0.3 is 5.32 Å². The molecule has 0 radical (unpaired) electrons. The Morgan fingerprint density at radius 1 is 1.53 bits per heavy atom. The van der Waals surface area contributed by atoms with E-state index in [0.717, 1.165) is 26.2 Å². The van der Waals surface area contributed by atoms with Crippen LogP contribution in [-0.2, 0) is 6.54 Å². The Morgan fingerprint density at radius 2 is 2.35 bits per heavy atom. The Hall–Kier alpha value is -0.640. The lowest BCUT2D eigenvalue weighted by Crippen LogP contribution is -2.29. The van der Waals surface area contributed by atoms with Crippen molar-refractivity contribution in [3.8, 4) is 0 Å². The van der Waals surface area contributed by atoms with Crippen LogP contribution in [0.1, 0.15) is 12.5 Å². The zero-order valence-electron chi connectivity index (χ0n) is 10.0. The van der Waals surface area contributed by atoms with Gasteiger partial charge in [0, 0.05) is 36.8 Å². The molecule has 17 heavy (non-hydrogen) atoms. The number of nitrogens with one attached hydrogen (secondary N) is 1. The van der Waals surface area contributed by atoms with Crippen molar-refractivity contribution >= 4 is 11.6 Å². The highest BCUT2D eigenvalue weighted by Gasteiger charge is 2.15. The minimum atomic E-state index is -0.167. The Balaban J connectivity index is 2.06. The molecule has 0 bridgehead atoms. The molecule has 0 spiro atoms.